The van der Waals surface area contributed by atoms with Crippen molar-refractivity contribution in [3.05, 3.63) is 82.6 Å². The van der Waals surface area contributed by atoms with Gasteiger partial charge in [0, 0.05) is 23.2 Å². The van der Waals surface area contributed by atoms with Gasteiger partial charge in [0.2, 0.25) is 5.91 Å². The Morgan fingerprint density at radius 3 is 2.59 bits per heavy atom. The molecule has 0 aliphatic rings. The van der Waals surface area contributed by atoms with Crippen LogP contribution in [0, 0.1) is 0 Å². The van der Waals surface area contributed by atoms with Crippen LogP contribution in [0.15, 0.2) is 72.1 Å². The molecule has 0 saturated heterocycles. The van der Waals surface area contributed by atoms with Gasteiger partial charge in [-0.05, 0) is 35.7 Å². The van der Waals surface area contributed by atoms with E-state index >= 15 is 0 Å². The lowest BCUT2D eigenvalue weighted by molar-refractivity contribution is -0.121. The summed E-state index contributed by atoms with van der Waals surface area (Å²) in [4.78, 5) is 16.7. The van der Waals surface area contributed by atoms with Crippen LogP contribution < -0.4 is 10.1 Å². The van der Waals surface area contributed by atoms with Crippen molar-refractivity contribution in [1.29, 1.82) is 0 Å². The van der Waals surface area contributed by atoms with Crippen LogP contribution in [0.3, 0.4) is 0 Å². The van der Waals surface area contributed by atoms with E-state index in [0.717, 1.165) is 30.1 Å². The number of carbonyl (C=O) groups is 1. The van der Waals surface area contributed by atoms with Crippen molar-refractivity contribution >= 4 is 22.9 Å². The van der Waals surface area contributed by atoms with Crippen molar-refractivity contribution in [1.82, 2.24) is 4.90 Å². The molecule has 0 bridgehead atoms. The number of nitrogens with zero attached hydrogens (tertiary/aromatic N) is 1. The van der Waals surface area contributed by atoms with Gasteiger partial charge in [-0.25, -0.2) is 0 Å². The van der Waals surface area contributed by atoms with Crippen molar-refractivity contribution < 1.29 is 9.53 Å². The average molecular weight is 381 g/mol. The van der Waals surface area contributed by atoms with Gasteiger partial charge in [-0.3, -0.25) is 9.69 Å². The Labute approximate surface area is 164 Å². The van der Waals surface area contributed by atoms with Gasteiger partial charge in [0.05, 0.1) is 7.11 Å². The number of ether oxygens (including phenoxy) is 1. The zero-order valence-corrected chi connectivity index (χ0v) is 16.4. The Bertz CT molecular complexity index is 850. The number of anilines is 1. The van der Waals surface area contributed by atoms with Gasteiger partial charge in [-0.2, -0.15) is 0 Å². The second-order valence-electron chi connectivity index (χ2n) is 6.18. The minimum absolute atomic E-state index is 0.0483. The summed E-state index contributed by atoms with van der Waals surface area (Å²) in [5.41, 5.74) is 1.71. The summed E-state index contributed by atoms with van der Waals surface area (Å²) in [5, 5.41) is 5.12. The van der Waals surface area contributed by atoms with E-state index in [4.69, 9.17) is 4.74 Å². The van der Waals surface area contributed by atoms with Gasteiger partial charge in [0.25, 0.3) is 0 Å². The Morgan fingerprint density at radius 2 is 1.93 bits per heavy atom. The zero-order chi connectivity index (χ0) is 19.1. The topological polar surface area (TPSA) is 41.6 Å². The molecule has 2 aromatic carbocycles. The maximum absolute atomic E-state index is 13.3. The SMILES string of the molecule is CCN(Cc1cccs1)[C@H](C(=O)Nc1cccc(OC)c1)c1ccccc1. The second kappa shape index (κ2) is 9.35. The van der Waals surface area contributed by atoms with Crippen molar-refractivity contribution in [2.75, 3.05) is 19.0 Å². The summed E-state index contributed by atoms with van der Waals surface area (Å²) < 4.78 is 5.26. The van der Waals surface area contributed by atoms with E-state index in [2.05, 4.69) is 28.6 Å². The van der Waals surface area contributed by atoms with Gasteiger partial charge >= 0.3 is 0 Å². The summed E-state index contributed by atoms with van der Waals surface area (Å²) in [6.07, 6.45) is 0. The molecule has 1 heterocycles. The standard InChI is InChI=1S/C22H24N2O2S/c1-3-24(16-20-13-8-14-27-20)21(17-9-5-4-6-10-17)22(25)23-18-11-7-12-19(15-18)26-2/h4-15,21H,3,16H2,1-2H3,(H,23,25)/t21-/m0/s1. The molecule has 1 aromatic heterocycles. The first kappa shape index (κ1) is 19.1. The Kier molecular flexibility index (Phi) is 6.63. The van der Waals surface area contributed by atoms with Gasteiger partial charge < -0.3 is 10.1 Å². The fourth-order valence-corrected chi connectivity index (χ4v) is 3.79. The van der Waals surface area contributed by atoms with Gasteiger partial charge in [-0.15, -0.1) is 11.3 Å². The van der Waals surface area contributed by atoms with Crippen LogP contribution >= 0.6 is 11.3 Å². The van der Waals surface area contributed by atoms with E-state index in [9.17, 15) is 4.79 Å². The van der Waals surface area contributed by atoms with Crippen LogP contribution in [-0.2, 0) is 11.3 Å². The highest BCUT2D eigenvalue weighted by atomic mass is 32.1. The molecule has 0 spiro atoms. The highest BCUT2D eigenvalue weighted by Gasteiger charge is 2.27. The molecule has 5 heteroatoms. The molecular formula is C22H24N2O2S. The van der Waals surface area contributed by atoms with Gasteiger partial charge in [-0.1, -0.05) is 49.4 Å². The van der Waals surface area contributed by atoms with E-state index in [1.165, 1.54) is 4.88 Å². The molecule has 3 rings (SSSR count). The fourth-order valence-electron chi connectivity index (χ4n) is 3.06. The molecule has 27 heavy (non-hydrogen) atoms. The molecule has 3 aromatic rings. The molecule has 0 aliphatic carbocycles. The average Bonchev–Trinajstić information content (AvgIpc) is 3.21. The summed E-state index contributed by atoms with van der Waals surface area (Å²) in [6, 6.07) is 21.1. The highest BCUT2D eigenvalue weighted by Crippen LogP contribution is 2.26. The molecule has 1 amide bonds. The maximum Gasteiger partial charge on any atom is 0.246 e. The molecule has 0 radical (unpaired) electrons. The van der Waals surface area contributed by atoms with Gasteiger partial charge in [0.15, 0.2) is 0 Å². The number of hydrogen-bond donors (Lipinski definition) is 1. The van der Waals surface area contributed by atoms with Gasteiger partial charge in [0.1, 0.15) is 11.8 Å². The maximum atomic E-state index is 13.3. The number of likely N-dealkylation sites (N-methyl/N-ethyl adjacent to an activating group) is 1. The lowest BCUT2D eigenvalue weighted by Gasteiger charge is -2.30. The summed E-state index contributed by atoms with van der Waals surface area (Å²) in [5.74, 6) is 0.669. The van der Waals surface area contributed by atoms with E-state index in [1.54, 1.807) is 18.4 Å². The number of rotatable bonds is 8. The smallest absolute Gasteiger partial charge is 0.246 e. The zero-order valence-electron chi connectivity index (χ0n) is 15.6. The molecule has 4 nitrogen and oxygen atoms in total. The third kappa shape index (κ3) is 4.96. The minimum atomic E-state index is -0.371. The van der Waals surface area contributed by atoms with Crippen molar-refractivity contribution in [3.8, 4) is 5.75 Å². The number of nitrogens with one attached hydrogen (secondary N) is 1. The summed E-state index contributed by atoms with van der Waals surface area (Å²) >= 11 is 1.71. The molecule has 0 unspecified atom stereocenters. The van der Waals surface area contributed by atoms with E-state index < -0.39 is 0 Å². The van der Waals surface area contributed by atoms with Crippen LogP contribution in [0.25, 0.3) is 0 Å². The predicted molar refractivity (Wildman–Crippen MR) is 111 cm³/mol. The fraction of sp³-hybridized carbons (Fsp3) is 0.227. The normalized spacial score (nSPS) is 12.0. The number of methoxy groups -OCH3 is 1. The molecule has 0 saturated carbocycles. The quantitative estimate of drug-likeness (QED) is 0.601. The lowest BCUT2D eigenvalue weighted by Crippen LogP contribution is -2.36. The molecule has 1 N–H and O–H groups in total. The first-order valence-electron chi connectivity index (χ1n) is 8.97. The monoisotopic (exact) mass is 380 g/mol. The molecular weight excluding hydrogens is 356 g/mol. The Balaban J connectivity index is 1.87. The van der Waals surface area contributed by atoms with Crippen LogP contribution in [0.2, 0.25) is 0 Å². The molecule has 0 aliphatic heterocycles. The van der Waals surface area contributed by atoms with Crippen molar-refractivity contribution in [2.45, 2.75) is 19.5 Å². The highest BCUT2D eigenvalue weighted by molar-refractivity contribution is 7.09. The largest absolute Gasteiger partial charge is 0.497 e. The third-order valence-corrected chi connectivity index (χ3v) is 5.27. The van der Waals surface area contributed by atoms with E-state index in [1.807, 2.05) is 60.7 Å². The number of hydrogen-bond acceptors (Lipinski definition) is 4. The molecule has 140 valence electrons. The molecule has 1 atom stereocenters. The van der Waals surface area contributed by atoms with Crippen molar-refractivity contribution in [3.63, 3.8) is 0 Å². The van der Waals surface area contributed by atoms with E-state index in [0.29, 0.717) is 0 Å². The van der Waals surface area contributed by atoms with Crippen LogP contribution in [0.5, 0.6) is 5.75 Å². The third-order valence-electron chi connectivity index (χ3n) is 4.41. The second-order valence-corrected chi connectivity index (χ2v) is 7.21. The van der Waals surface area contributed by atoms with Crippen LogP contribution in [0.4, 0.5) is 5.69 Å². The van der Waals surface area contributed by atoms with Crippen LogP contribution in [0.1, 0.15) is 23.4 Å². The first-order chi connectivity index (χ1) is 13.2. The molecule has 0 fully saturated rings. The number of carbonyl (C=O) groups excluding carboxylic acids is 1. The van der Waals surface area contributed by atoms with Crippen molar-refractivity contribution in [2.24, 2.45) is 0 Å². The predicted octanol–water partition coefficient (Wildman–Crippen LogP) is 4.96. The Hall–Kier alpha value is -2.63. The summed E-state index contributed by atoms with van der Waals surface area (Å²) in [7, 11) is 1.62. The number of thiophene rings is 1. The number of amides is 1. The Morgan fingerprint density at radius 1 is 1.11 bits per heavy atom. The van der Waals surface area contributed by atoms with Crippen LogP contribution in [-0.4, -0.2) is 24.5 Å². The minimum Gasteiger partial charge on any atom is -0.497 e. The van der Waals surface area contributed by atoms with E-state index in [-0.39, 0.29) is 11.9 Å². The first-order valence-corrected chi connectivity index (χ1v) is 9.85. The summed E-state index contributed by atoms with van der Waals surface area (Å²) in [6.45, 7) is 3.59. The lowest BCUT2D eigenvalue weighted by atomic mass is 10.0. The number of benzene rings is 2.